The van der Waals surface area contributed by atoms with E-state index in [0.717, 1.165) is 32.5 Å². The van der Waals surface area contributed by atoms with Gasteiger partial charge in [-0.05, 0) is 66.9 Å². The number of rotatable bonds is 4. The number of piperidine rings is 1. The Kier molecular flexibility index (Phi) is 5.83. The van der Waals surface area contributed by atoms with E-state index in [1.807, 2.05) is 48.0 Å². The summed E-state index contributed by atoms with van der Waals surface area (Å²) in [6, 6.07) is 18.2. The number of pyridine rings is 1. The molecule has 1 fully saturated rings. The Morgan fingerprint density at radius 1 is 1.00 bits per heavy atom. The minimum Gasteiger partial charge on any atom is -0.393 e. The van der Waals surface area contributed by atoms with E-state index in [2.05, 4.69) is 15.3 Å². The van der Waals surface area contributed by atoms with Gasteiger partial charge in [0.25, 0.3) is 5.91 Å². The van der Waals surface area contributed by atoms with Crippen LogP contribution in [0.3, 0.4) is 0 Å². The van der Waals surface area contributed by atoms with Gasteiger partial charge in [-0.15, -0.1) is 11.3 Å². The van der Waals surface area contributed by atoms with Crippen LogP contribution in [0.25, 0.3) is 32.2 Å². The molecule has 36 heavy (non-hydrogen) atoms. The molecule has 2 aromatic heterocycles. The summed E-state index contributed by atoms with van der Waals surface area (Å²) in [7, 11) is 0. The van der Waals surface area contributed by atoms with Crippen LogP contribution in [0.5, 0.6) is 0 Å². The SMILES string of the molecule is O=C(c1ccc(-c2ccc3nccc(Nc4ccc5scnc5c4)c3c2)c(F)c1)N1CCC(O)CC1. The fourth-order valence-electron chi connectivity index (χ4n) is 4.65. The summed E-state index contributed by atoms with van der Waals surface area (Å²) in [6.45, 7) is 0.957. The zero-order valence-electron chi connectivity index (χ0n) is 19.3. The summed E-state index contributed by atoms with van der Waals surface area (Å²) in [4.78, 5) is 23.3. The van der Waals surface area contributed by atoms with Crippen LogP contribution >= 0.6 is 11.3 Å². The van der Waals surface area contributed by atoms with Crippen LogP contribution in [0, 0.1) is 5.82 Å². The number of aliphatic hydroxyl groups excluding tert-OH is 1. The van der Waals surface area contributed by atoms with E-state index in [1.165, 1.54) is 6.07 Å². The van der Waals surface area contributed by atoms with Gasteiger partial charge < -0.3 is 15.3 Å². The van der Waals surface area contributed by atoms with Crippen LogP contribution in [0.2, 0.25) is 0 Å². The number of aromatic nitrogens is 2. The van der Waals surface area contributed by atoms with Crippen molar-refractivity contribution >= 4 is 49.7 Å². The van der Waals surface area contributed by atoms with Crippen molar-refractivity contribution in [3.63, 3.8) is 0 Å². The van der Waals surface area contributed by atoms with Crippen LogP contribution in [-0.4, -0.2) is 45.1 Å². The van der Waals surface area contributed by atoms with Gasteiger partial charge >= 0.3 is 0 Å². The lowest BCUT2D eigenvalue weighted by Crippen LogP contribution is -2.40. The van der Waals surface area contributed by atoms with E-state index in [-0.39, 0.29) is 12.0 Å². The van der Waals surface area contributed by atoms with E-state index in [9.17, 15) is 9.90 Å². The number of hydrogen-bond acceptors (Lipinski definition) is 6. The fraction of sp³-hybridized carbons (Fsp3) is 0.179. The molecule has 0 aliphatic carbocycles. The standard InChI is InChI=1S/C28H23FN4O2S/c29-23-14-18(28(35)33-11-8-20(34)9-12-33)1-4-21(23)17-2-5-24-22(13-17)25(7-10-30-24)32-19-3-6-27-26(15-19)31-16-36-27/h1-7,10,13-16,20,34H,8-9,11-12H2,(H,30,32). The quantitative estimate of drug-likeness (QED) is 0.318. The molecule has 0 unspecified atom stereocenters. The maximum atomic E-state index is 15.2. The normalized spacial score (nSPS) is 14.4. The van der Waals surface area contributed by atoms with Crippen molar-refractivity contribution in [3.8, 4) is 11.1 Å². The van der Waals surface area contributed by atoms with Gasteiger partial charge in [0.2, 0.25) is 0 Å². The number of aliphatic hydroxyl groups is 1. The molecule has 8 heteroatoms. The number of amides is 1. The average Bonchev–Trinajstić information content (AvgIpc) is 3.37. The molecule has 3 heterocycles. The molecule has 6 rings (SSSR count). The summed E-state index contributed by atoms with van der Waals surface area (Å²) >= 11 is 1.60. The van der Waals surface area contributed by atoms with Crippen molar-refractivity contribution in [3.05, 3.63) is 83.8 Å². The van der Waals surface area contributed by atoms with Gasteiger partial charge in [-0.1, -0.05) is 12.1 Å². The highest BCUT2D eigenvalue weighted by molar-refractivity contribution is 7.16. The highest BCUT2D eigenvalue weighted by Gasteiger charge is 2.23. The van der Waals surface area contributed by atoms with Crippen molar-refractivity contribution < 1.29 is 14.3 Å². The average molecular weight is 499 g/mol. The zero-order chi connectivity index (χ0) is 24.6. The molecule has 1 amide bonds. The first-order valence-corrected chi connectivity index (χ1v) is 12.7. The number of thiazole rings is 1. The molecule has 0 atom stereocenters. The Bertz CT molecular complexity index is 1590. The first kappa shape index (κ1) is 22.6. The Morgan fingerprint density at radius 2 is 1.86 bits per heavy atom. The van der Waals surface area contributed by atoms with Crippen LogP contribution in [0.1, 0.15) is 23.2 Å². The lowest BCUT2D eigenvalue weighted by atomic mass is 9.99. The van der Waals surface area contributed by atoms with Crippen LogP contribution in [0.4, 0.5) is 15.8 Å². The summed E-state index contributed by atoms with van der Waals surface area (Å²) in [5, 5.41) is 14.0. The van der Waals surface area contributed by atoms with E-state index in [1.54, 1.807) is 34.6 Å². The number of nitrogens with zero attached hydrogens (tertiary/aromatic N) is 3. The number of hydrogen-bond donors (Lipinski definition) is 2. The van der Waals surface area contributed by atoms with Gasteiger partial charge in [0.1, 0.15) is 5.82 Å². The molecule has 0 bridgehead atoms. The first-order valence-electron chi connectivity index (χ1n) is 11.8. The van der Waals surface area contributed by atoms with Gasteiger partial charge in [0.15, 0.2) is 0 Å². The lowest BCUT2D eigenvalue weighted by molar-refractivity contribution is 0.0546. The molecule has 5 aromatic rings. The zero-order valence-corrected chi connectivity index (χ0v) is 20.1. The number of benzene rings is 3. The lowest BCUT2D eigenvalue weighted by Gasteiger charge is -2.29. The monoisotopic (exact) mass is 498 g/mol. The van der Waals surface area contributed by atoms with E-state index >= 15 is 4.39 Å². The van der Waals surface area contributed by atoms with E-state index in [0.29, 0.717) is 42.6 Å². The number of carbonyl (C=O) groups is 1. The van der Waals surface area contributed by atoms with E-state index in [4.69, 9.17) is 0 Å². The topological polar surface area (TPSA) is 78.4 Å². The van der Waals surface area contributed by atoms with Crippen LogP contribution in [0.15, 0.2) is 72.4 Å². The van der Waals surface area contributed by atoms with Crippen molar-refractivity contribution in [2.45, 2.75) is 18.9 Å². The third-order valence-corrected chi connectivity index (χ3v) is 7.44. The molecule has 1 saturated heterocycles. The molecule has 0 radical (unpaired) electrons. The number of fused-ring (bicyclic) bond motifs is 2. The van der Waals surface area contributed by atoms with E-state index < -0.39 is 5.82 Å². The Morgan fingerprint density at radius 3 is 2.69 bits per heavy atom. The highest BCUT2D eigenvalue weighted by atomic mass is 32.1. The van der Waals surface area contributed by atoms with Crippen molar-refractivity contribution in [1.29, 1.82) is 0 Å². The second-order valence-corrected chi connectivity index (χ2v) is 9.85. The third-order valence-electron chi connectivity index (χ3n) is 6.63. The number of carbonyl (C=O) groups excluding carboxylic acids is 1. The number of nitrogens with one attached hydrogen (secondary N) is 1. The summed E-state index contributed by atoms with van der Waals surface area (Å²) in [6.07, 6.45) is 2.47. The second kappa shape index (κ2) is 9.29. The van der Waals surface area contributed by atoms with Gasteiger partial charge in [-0.2, -0.15) is 0 Å². The van der Waals surface area contributed by atoms with Gasteiger partial charge in [-0.3, -0.25) is 9.78 Å². The highest BCUT2D eigenvalue weighted by Crippen LogP contribution is 2.32. The molecule has 1 aliphatic heterocycles. The molecule has 3 aromatic carbocycles. The minimum absolute atomic E-state index is 0.210. The summed E-state index contributed by atoms with van der Waals surface area (Å²) < 4.78 is 16.4. The van der Waals surface area contributed by atoms with Crippen molar-refractivity contribution in [1.82, 2.24) is 14.9 Å². The van der Waals surface area contributed by atoms with Crippen molar-refractivity contribution in [2.75, 3.05) is 18.4 Å². The Labute approximate surface area is 211 Å². The summed E-state index contributed by atoms with van der Waals surface area (Å²) in [5.41, 5.74) is 6.75. The molecular weight excluding hydrogens is 475 g/mol. The summed E-state index contributed by atoms with van der Waals surface area (Å²) in [5.74, 6) is -0.664. The minimum atomic E-state index is -0.454. The fourth-order valence-corrected chi connectivity index (χ4v) is 5.31. The number of anilines is 2. The van der Waals surface area contributed by atoms with Gasteiger partial charge in [0, 0.05) is 47.2 Å². The molecule has 2 N–H and O–H groups in total. The van der Waals surface area contributed by atoms with Gasteiger partial charge in [-0.25, -0.2) is 9.37 Å². The van der Waals surface area contributed by atoms with Gasteiger partial charge in [0.05, 0.1) is 27.3 Å². The Hall–Kier alpha value is -3.88. The van der Waals surface area contributed by atoms with Crippen LogP contribution in [-0.2, 0) is 0 Å². The van der Waals surface area contributed by atoms with Crippen molar-refractivity contribution in [2.24, 2.45) is 0 Å². The molecule has 6 nitrogen and oxygen atoms in total. The first-order chi connectivity index (χ1) is 17.5. The molecule has 180 valence electrons. The second-order valence-electron chi connectivity index (χ2n) is 8.97. The molecule has 0 saturated carbocycles. The predicted octanol–water partition coefficient (Wildman–Crippen LogP) is 5.99. The maximum Gasteiger partial charge on any atom is 0.253 e. The van der Waals surface area contributed by atoms with Crippen LogP contribution < -0.4 is 5.32 Å². The number of halogens is 1. The number of likely N-dealkylation sites (tertiary alicyclic amines) is 1. The third kappa shape index (κ3) is 4.29. The molecular formula is C28H23FN4O2S. The smallest absolute Gasteiger partial charge is 0.253 e. The largest absolute Gasteiger partial charge is 0.393 e. The maximum absolute atomic E-state index is 15.2. The molecule has 1 aliphatic rings. The Balaban J connectivity index is 1.31. The predicted molar refractivity (Wildman–Crippen MR) is 141 cm³/mol. The molecule has 0 spiro atoms.